The van der Waals surface area contributed by atoms with Crippen LogP contribution in [0.5, 0.6) is 0 Å². The molecule has 0 unspecified atom stereocenters. The average Bonchev–Trinajstić information content (AvgIpc) is 2.57. The summed E-state index contributed by atoms with van der Waals surface area (Å²) in [6.07, 6.45) is 0.664. The van der Waals surface area contributed by atoms with Gasteiger partial charge < -0.3 is 11.1 Å². The molecule has 6 nitrogen and oxygen atoms in total. The highest BCUT2D eigenvalue weighted by Gasteiger charge is 2.18. The minimum absolute atomic E-state index is 0.0441. The van der Waals surface area contributed by atoms with Gasteiger partial charge in [0.2, 0.25) is 0 Å². The number of carbonyl (C=O) groups is 1. The number of amides is 1. The molecule has 7 heteroatoms. The topological polar surface area (TPSA) is 101 Å². The van der Waals surface area contributed by atoms with Gasteiger partial charge in [-0.2, -0.15) is 0 Å². The molecule has 0 bridgehead atoms. The van der Waals surface area contributed by atoms with E-state index in [0.29, 0.717) is 36.3 Å². The zero-order valence-electron chi connectivity index (χ0n) is 14.4. The van der Waals surface area contributed by atoms with Crippen LogP contribution in [0.25, 0.3) is 0 Å². The van der Waals surface area contributed by atoms with Crippen LogP contribution in [0.2, 0.25) is 0 Å². The highest BCUT2D eigenvalue weighted by molar-refractivity contribution is 7.92. The van der Waals surface area contributed by atoms with E-state index in [2.05, 4.69) is 10.0 Å². The van der Waals surface area contributed by atoms with Gasteiger partial charge in [0.05, 0.1) is 4.90 Å². The van der Waals surface area contributed by atoms with Gasteiger partial charge >= 0.3 is 0 Å². The summed E-state index contributed by atoms with van der Waals surface area (Å²) < 4.78 is 27.7. The van der Waals surface area contributed by atoms with Crippen LogP contribution in [0.3, 0.4) is 0 Å². The van der Waals surface area contributed by atoms with Crippen molar-refractivity contribution in [3.05, 3.63) is 59.2 Å². The molecule has 2 aromatic rings. The molecule has 0 saturated heterocycles. The number of rotatable bonds is 7. The lowest BCUT2D eigenvalue weighted by Crippen LogP contribution is -2.27. The lowest BCUT2D eigenvalue weighted by molar-refractivity contribution is 0.0952. The monoisotopic (exact) mass is 361 g/mol. The Balaban J connectivity index is 2.24. The molecule has 0 radical (unpaired) electrons. The fourth-order valence-corrected chi connectivity index (χ4v) is 3.33. The van der Waals surface area contributed by atoms with Crippen LogP contribution in [0.4, 0.5) is 5.69 Å². The van der Waals surface area contributed by atoms with Crippen LogP contribution in [-0.2, 0) is 10.0 Å². The maximum atomic E-state index is 12.6. The first-order valence-electron chi connectivity index (χ1n) is 8.02. The van der Waals surface area contributed by atoms with Crippen LogP contribution in [0.1, 0.15) is 27.9 Å². The minimum Gasteiger partial charge on any atom is -0.352 e. The maximum Gasteiger partial charge on any atom is 0.261 e. The Hall–Kier alpha value is -2.38. The van der Waals surface area contributed by atoms with Crippen molar-refractivity contribution in [1.82, 2.24) is 5.32 Å². The molecule has 0 heterocycles. The summed E-state index contributed by atoms with van der Waals surface area (Å²) in [6.45, 7) is 4.62. The number of anilines is 1. The summed E-state index contributed by atoms with van der Waals surface area (Å²) in [7, 11) is -3.77. The summed E-state index contributed by atoms with van der Waals surface area (Å²) in [5.74, 6) is -0.307. The fraction of sp³-hybridized carbons (Fsp3) is 0.278. The number of hydrogen-bond donors (Lipinski definition) is 3. The largest absolute Gasteiger partial charge is 0.352 e. The van der Waals surface area contributed by atoms with Crippen molar-refractivity contribution < 1.29 is 13.2 Å². The van der Waals surface area contributed by atoms with E-state index < -0.39 is 10.0 Å². The highest BCUT2D eigenvalue weighted by atomic mass is 32.2. The number of aryl methyl sites for hydroxylation is 2. The second-order valence-corrected chi connectivity index (χ2v) is 7.53. The summed E-state index contributed by atoms with van der Waals surface area (Å²) >= 11 is 0. The highest BCUT2D eigenvalue weighted by Crippen LogP contribution is 2.19. The maximum absolute atomic E-state index is 12.6. The van der Waals surface area contributed by atoms with Crippen molar-refractivity contribution in [3.63, 3.8) is 0 Å². The lowest BCUT2D eigenvalue weighted by atomic mass is 10.1. The molecule has 25 heavy (non-hydrogen) atoms. The first-order valence-corrected chi connectivity index (χ1v) is 9.50. The van der Waals surface area contributed by atoms with Gasteiger partial charge in [-0.3, -0.25) is 9.52 Å². The Bertz CT molecular complexity index is 846. The first kappa shape index (κ1) is 19.0. The predicted molar refractivity (Wildman–Crippen MR) is 99.2 cm³/mol. The number of nitrogens with two attached hydrogens (primary N) is 1. The smallest absolute Gasteiger partial charge is 0.261 e. The Labute approximate surface area is 148 Å². The van der Waals surface area contributed by atoms with E-state index >= 15 is 0 Å². The molecule has 134 valence electrons. The van der Waals surface area contributed by atoms with Gasteiger partial charge in [-0.1, -0.05) is 23.8 Å². The van der Waals surface area contributed by atoms with E-state index in [4.69, 9.17) is 5.73 Å². The van der Waals surface area contributed by atoms with Crippen molar-refractivity contribution in [2.75, 3.05) is 17.8 Å². The van der Waals surface area contributed by atoms with E-state index in [9.17, 15) is 13.2 Å². The van der Waals surface area contributed by atoms with Crippen molar-refractivity contribution in [2.45, 2.75) is 25.2 Å². The molecule has 0 aliphatic heterocycles. The fourth-order valence-electron chi connectivity index (χ4n) is 2.25. The van der Waals surface area contributed by atoms with Crippen LogP contribution in [0.15, 0.2) is 47.4 Å². The average molecular weight is 361 g/mol. The normalized spacial score (nSPS) is 11.2. The molecule has 2 rings (SSSR count). The number of carbonyl (C=O) groups excluding carboxylic acids is 1. The van der Waals surface area contributed by atoms with Crippen molar-refractivity contribution in [3.8, 4) is 0 Å². The van der Waals surface area contributed by atoms with Crippen molar-refractivity contribution in [2.24, 2.45) is 5.73 Å². The minimum atomic E-state index is -3.77. The van der Waals surface area contributed by atoms with Crippen LogP contribution < -0.4 is 15.8 Å². The van der Waals surface area contributed by atoms with Gasteiger partial charge in [-0.15, -0.1) is 0 Å². The van der Waals surface area contributed by atoms with Crippen molar-refractivity contribution in [1.29, 1.82) is 0 Å². The van der Waals surface area contributed by atoms with Gasteiger partial charge in [0.1, 0.15) is 0 Å². The van der Waals surface area contributed by atoms with Crippen molar-refractivity contribution >= 4 is 21.6 Å². The number of sulfonamides is 1. The summed E-state index contributed by atoms with van der Waals surface area (Å²) in [6, 6.07) is 11.5. The van der Waals surface area contributed by atoms with Gasteiger partial charge in [0, 0.05) is 17.8 Å². The van der Waals surface area contributed by atoms with Gasteiger partial charge in [0.15, 0.2) is 0 Å². The van der Waals surface area contributed by atoms with Gasteiger partial charge in [-0.25, -0.2) is 8.42 Å². The molecule has 0 saturated carbocycles. The zero-order chi connectivity index (χ0) is 18.4. The van der Waals surface area contributed by atoms with E-state index in [0.717, 1.165) is 5.56 Å². The first-order chi connectivity index (χ1) is 11.8. The predicted octanol–water partition coefficient (Wildman–Crippen LogP) is 2.18. The summed E-state index contributed by atoms with van der Waals surface area (Å²) in [5.41, 5.74) is 7.96. The number of benzene rings is 2. The molecule has 2 aromatic carbocycles. The molecule has 0 spiro atoms. The standard InChI is InChI=1S/C18H23N3O3S/c1-13-4-7-15(8-5-13)21-25(23,24)16-9-6-14(2)17(12-16)18(22)20-11-3-10-19/h4-9,12,21H,3,10-11,19H2,1-2H3,(H,20,22). The molecule has 4 N–H and O–H groups in total. The molecule has 0 fully saturated rings. The molecular formula is C18H23N3O3S. The molecule has 1 amide bonds. The third kappa shape index (κ3) is 5.04. The van der Waals surface area contributed by atoms with E-state index in [1.807, 2.05) is 19.1 Å². The van der Waals surface area contributed by atoms with Crippen LogP contribution in [-0.4, -0.2) is 27.4 Å². The molecule has 0 atom stereocenters. The molecule has 0 aliphatic carbocycles. The van der Waals surface area contributed by atoms with Crippen LogP contribution in [0, 0.1) is 13.8 Å². The third-order valence-electron chi connectivity index (χ3n) is 3.73. The molecule has 0 aliphatic rings. The zero-order valence-corrected chi connectivity index (χ0v) is 15.2. The van der Waals surface area contributed by atoms with Gasteiger partial charge in [0.25, 0.3) is 15.9 Å². The Morgan fingerprint density at radius 2 is 1.76 bits per heavy atom. The Morgan fingerprint density at radius 1 is 1.08 bits per heavy atom. The van der Waals surface area contributed by atoms with E-state index in [1.54, 1.807) is 25.1 Å². The SMILES string of the molecule is Cc1ccc(NS(=O)(=O)c2ccc(C)c(C(=O)NCCCN)c2)cc1. The summed E-state index contributed by atoms with van der Waals surface area (Å²) in [4.78, 5) is 12.3. The Kier molecular flexibility index (Phi) is 6.17. The molecule has 0 aromatic heterocycles. The van der Waals surface area contributed by atoms with E-state index in [1.165, 1.54) is 12.1 Å². The third-order valence-corrected chi connectivity index (χ3v) is 5.11. The van der Waals surface area contributed by atoms with Crippen LogP contribution >= 0.6 is 0 Å². The summed E-state index contributed by atoms with van der Waals surface area (Å²) in [5, 5.41) is 2.74. The number of nitrogens with one attached hydrogen (secondary N) is 2. The van der Waals surface area contributed by atoms with E-state index in [-0.39, 0.29) is 10.8 Å². The Morgan fingerprint density at radius 3 is 2.40 bits per heavy atom. The number of hydrogen-bond acceptors (Lipinski definition) is 4. The molecular weight excluding hydrogens is 338 g/mol. The lowest BCUT2D eigenvalue weighted by Gasteiger charge is -2.12. The second-order valence-electron chi connectivity index (χ2n) is 5.85. The second kappa shape index (κ2) is 8.13. The van der Waals surface area contributed by atoms with Gasteiger partial charge in [-0.05, 0) is 56.6 Å². The quantitative estimate of drug-likeness (QED) is 0.658.